The molecule has 1 saturated heterocycles. The molecule has 2 fully saturated rings. The zero-order valence-electron chi connectivity index (χ0n) is 17.5. The van der Waals surface area contributed by atoms with Gasteiger partial charge in [-0.15, -0.1) is 0 Å². The minimum Gasteiger partial charge on any atom is -0.489 e. The molecule has 0 bridgehead atoms. The Hall–Kier alpha value is -1.38. The van der Waals surface area contributed by atoms with Gasteiger partial charge < -0.3 is 9.64 Å². The minimum absolute atomic E-state index is 0.141. The lowest BCUT2D eigenvalue weighted by Gasteiger charge is -2.37. The van der Waals surface area contributed by atoms with Crippen molar-refractivity contribution in [2.45, 2.75) is 51.5 Å². The summed E-state index contributed by atoms with van der Waals surface area (Å²) in [7, 11) is -3.08. The first-order valence-electron chi connectivity index (χ1n) is 11.1. The number of ether oxygens (including phenoxy) is 1. The molecule has 8 heteroatoms. The highest BCUT2D eigenvalue weighted by molar-refractivity contribution is 7.89. The van der Waals surface area contributed by atoms with Gasteiger partial charge in [0.2, 0.25) is 10.0 Å². The first kappa shape index (κ1) is 20.9. The average Bonchev–Trinajstić information content (AvgIpc) is 3.22. The largest absolute Gasteiger partial charge is 0.489 e. The van der Waals surface area contributed by atoms with Gasteiger partial charge in [-0.25, -0.2) is 18.1 Å². The van der Waals surface area contributed by atoms with Crippen molar-refractivity contribution < 1.29 is 13.2 Å². The molecule has 3 aliphatic rings. The topological polar surface area (TPSA) is 74.8 Å². The third-order valence-corrected chi connectivity index (χ3v) is 8.14. The number of nitrogens with zero attached hydrogens (tertiary/aromatic N) is 3. The molecule has 1 saturated carbocycles. The standard InChI is InChI=1S/C21H34N4O3S/c1-2-29(26,27)23-19-5-3-17(4-6-19)8-11-24-12-14-25(15-13-24)21-20-18(7-10-22-21)9-16-28-20/h7,10,17,19,23H,2-6,8-9,11-16H2,1H3. The molecule has 0 spiro atoms. The number of fused-ring (bicyclic) bond motifs is 1. The van der Waals surface area contributed by atoms with E-state index in [2.05, 4.69) is 25.6 Å². The average molecular weight is 423 g/mol. The second kappa shape index (κ2) is 9.18. The Kier molecular flexibility index (Phi) is 6.61. The molecule has 2 aliphatic heterocycles. The van der Waals surface area contributed by atoms with Gasteiger partial charge in [0.05, 0.1) is 12.4 Å². The van der Waals surface area contributed by atoms with Crippen LogP contribution in [0.4, 0.5) is 5.82 Å². The summed E-state index contributed by atoms with van der Waals surface area (Å²) in [6, 6.07) is 2.21. The second-order valence-electron chi connectivity index (χ2n) is 8.58. The Morgan fingerprint density at radius 2 is 1.93 bits per heavy atom. The summed E-state index contributed by atoms with van der Waals surface area (Å²) >= 11 is 0. The lowest BCUT2D eigenvalue weighted by atomic mass is 9.84. The van der Waals surface area contributed by atoms with Gasteiger partial charge in [-0.1, -0.05) is 0 Å². The fourth-order valence-corrected chi connectivity index (χ4v) is 5.68. The van der Waals surface area contributed by atoms with Crippen molar-refractivity contribution >= 4 is 15.8 Å². The van der Waals surface area contributed by atoms with Crippen molar-refractivity contribution in [1.82, 2.24) is 14.6 Å². The predicted octanol–water partition coefficient (Wildman–Crippen LogP) is 2.03. The molecule has 0 amide bonds. The molecule has 7 nitrogen and oxygen atoms in total. The fraction of sp³-hybridized carbons (Fsp3) is 0.762. The van der Waals surface area contributed by atoms with Crippen molar-refractivity contribution in [3.8, 4) is 5.75 Å². The summed E-state index contributed by atoms with van der Waals surface area (Å²) < 4.78 is 32.1. The summed E-state index contributed by atoms with van der Waals surface area (Å²) in [5.74, 6) is 2.92. The number of hydrogen-bond donors (Lipinski definition) is 1. The normalized spacial score (nSPS) is 25.6. The molecule has 0 radical (unpaired) electrons. The molecule has 0 unspecified atom stereocenters. The van der Waals surface area contributed by atoms with Crippen molar-refractivity contribution in [2.24, 2.45) is 5.92 Å². The molecule has 162 valence electrons. The highest BCUT2D eigenvalue weighted by Crippen LogP contribution is 2.34. The number of pyridine rings is 1. The van der Waals surface area contributed by atoms with Crippen molar-refractivity contribution in [3.05, 3.63) is 17.8 Å². The van der Waals surface area contributed by atoms with Crippen molar-refractivity contribution in [3.63, 3.8) is 0 Å². The summed E-state index contributed by atoms with van der Waals surface area (Å²) in [5.41, 5.74) is 1.29. The van der Waals surface area contributed by atoms with Gasteiger partial charge in [0.1, 0.15) is 0 Å². The summed E-state index contributed by atoms with van der Waals surface area (Å²) in [5, 5.41) is 0. The van der Waals surface area contributed by atoms with E-state index in [1.165, 1.54) is 12.0 Å². The molecular weight excluding hydrogens is 388 g/mol. The van der Waals surface area contributed by atoms with Gasteiger partial charge in [-0.05, 0) is 57.6 Å². The molecule has 29 heavy (non-hydrogen) atoms. The van der Waals surface area contributed by atoms with E-state index in [0.29, 0.717) is 0 Å². The lowest BCUT2D eigenvalue weighted by molar-refractivity contribution is 0.214. The van der Waals surface area contributed by atoms with Crippen LogP contribution >= 0.6 is 0 Å². The number of rotatable bonds is 7. The van der Waals surface area contributed by atoms with Crippen LogP contribution in [0, 0.1) is 5.92 Å². The first-order chi connectivity index (χ1) is 14.0. The monoisotopic (exact) mass is 422 g/mol. The molecule has 0 atom stereocenters. The maximum absolute atomic E-state index is 11.7. The summed E-state index contributed by atoms with van der Waals surface area (Å²) in [6.45, 7) is 7.74. The van der Waals surface area contributed by atoms with Gasteiger partial charge in [-0.3, -0.25) is 4.90 Å². The first-order valence-corrected chi connectivity index (χ1v) is 12.8. The maximum Gasteiger partial charge on any atom is 0.211 e. The number of nitrogens with one attached hydrogen (secondary N) is 1. The highest BCUT2D eigenvalue weighted by Gasteiger charge is 2.27. The second-order valence-corrected chi connectivity index (χ2v) is 10.6. The fourth-order valence-electron chi connectivity index (χ4n) is 4.77. The van der Waals surface area contributed by atoms with Crippen LogP contribution < -0.4 is 14.4 Å². The zero-order valence-corrected chi connectivity index (χ0v) is 18.3. The van der Waals surface area contributed by atoms with Gasteiger partial charge in [0, 0.05) is 50.4 Å². The Morgan fingerprint density at radius 3 is 2.66 bits per heavy atom. The SMILES string of the molecule is CCS(=O)(=O)NC1CCC(CCN2CCN(c3nccc4c3OCC4)CC2)CC1. The predicted molar refractivity (Wildman–Crippen MR) is 115 cm³/mol. The van der Waals surface area contributed by atoms with Gasteiger partial charge in [0.15, 0.2) is 11.6 Å². The van der Waals surface area contributed by atoms with Crippen molar-refractivity contribution in [1.29, 1.82) is 0 Å². The smallest absolute Gasteiger partial charge is 0.211 e. The van der Waals surface area contributed by atoms with E-state index in [4.69, 9.17) is 4.74 Å². The molecule has 1 aromatic rings. The van der Waals surface area contributed by atoms with Crippen molar-refractivity contribution in [2.75, 3.05) is 50.0 Å². The molecule has 3 heterocycles. The van der Waals surface area contributed by atoms with Crippen LogP contribution in [0.15, 0.2) is 12.3 Å². The molecule has 4 rings (SSSR count). The van der Waals surface area contributed by atoms with Crippen LogP contribution in [-0.2, 0) is 16.4 Å². The zero-order chi connectivity index (χ0) is 20.3. The van der Waals surface area contributed by atoms with E-state index in [1.807, 2.05) is 6.20 Å². The summed E-state index contributed by atoms with van der Waals surface area (Å²) in [6.07, 6.45) is 8.34. The molecule has 1 aromatic heterocycles. The maximum atomic E-state index is 11.7. The molecular formula is C21H34N4O3S. The van der Waals surface area contributed by atoms with Gasteiger partial charge >= 0.3 is 0 Å². The Bertz CT molecular complexity index is 785. The molecule has 1 aliphatic carbocycles. The van der Waals surface area contributed by atoms with Crippen LogP contribution in [0.5, 0.6) is 5.75 Å². The number of piperazine rings is 1. The highest BCUT2D eigenvalue weighted by atomic mass is 32.2. The quantitative estimate of drug-likeness (QED) is 0.725. The van der Waals surface area contributed by atoms with E-state index < -0.39 is 10.0 Å². The number of sulfonamides is 1. The van der Waals surface area contributed by atoms with E-state index in [1.54, 1.807) is 6.92 Å². The Labute approximate surface area is 174 Å². The van der Waals surface area contributed by atoms with Crippen LogP contribution in [-0.4, -0.2) is 69.4 Å². The van der Waals surface area contributed by atoms with E-state index in [-0.39, 0.29) is 11.8 Å². The van der Waals surface area contributed by atoms with Crippen LogP contribution in [0.3, 0.4) is 0 Å². The molecule has 1 N–H and O–H groups in total. The number of aromatic nitrogens is 1. The van der Waals surface area contributed by atoms with E-state index in [0.717, 1.165) is 88.9 Å². The van der Waals surface area contributed by atoms with Gasteiger partial charge in [-0.2, -0.15) is 0 Å². The summed E-state index contributed by atoms with van der Waals surface area (Å²) in [4.78, 5) is 9.52. The van der Waals surface area contributed by atoms with E-state index >= 15 is 0 Å². The number of hydrogen-bond acceptors (Lipinski definition) is 6. The molecule has 0 aromatic carbocycles. The van der Waals surface area contributed by atoms with Crippen LogP contribution in [0.25, 0.3) is 0 Å². The number of anilines is 1. The Morgan fingerprint density at radius 1 is 1.17 bits per heavy atom. The third kappa shape index (κ3) is 5.22. The third-order valence-electron chi connectivity index (χ3n) is 6.68. The van der Waals surface area contributed by atoms with Crippen LogP contribution in [0.1, 0.15) is 44.6 Å². The minimum atomic E-state index is -3.08. The van der Waals surface area contributed by atoms with E-state index in [9.17, 15) is 8.42 Å². The van der Waals surface area contributed by atoms with Crippen LogP contribution in [0.2, 0.25) is 0 Å². The lowest BCUT2D eigenvalue weighted by Crippen LogP contribution is -2.47. The van der Waals surface area contributed by atoms with Gasteiger partial charge in [0.25, 0.3) is 0 Å². The Balaban J connectivity index is 1.18.